The van der Waals surface area contributed by atoms with E-state index >= 15 is 0 Å². The Bertz CT molecular complexity index is 1430. The molecule has 45 heavy (non-hydrogen) atoms. The molecule has 1 N–H and O–H groups in total. The molecule has 13 heteroatoms. The molecule has 2 fully saturated rings. The molecule has 1 aromatic heterocycles. The Morgan fingerprint density at radius 1 is 1.02 bits per heavy atom. The summed E-state index contributed by atoms with van der Waals surface area (Å²) in [6, 6.07) is 9.65. The van der Waals surface area contributed by atoms with E-state index in [4.69, 9.17) is 9.47 Å². The highest BCUT2D eigenvalue weighted by molar-refractivity contribution is 7.89. The summed E-state index contributed by atoms with van der Waals surface area (Å²) in [5.41, 5.74) is 0.0317. The minimum absolute atomic E-state index is 0.00222. The van der Waals surface area contributed by atoms with E-state index in [-0.39, 0.29) is 62.5 Å². The number of esters is 1. The Hall–Kier alpha value is -3.58. The molecule has 1 aromatic carbocycles. The minimum atomic E-state index is -3.40. The summed E-state index contributed by atoms with van der Waals surface area (Å²) in [5.74, 6) is -0.868. The Morgan fingerprint density at radius 2 is 1.69 bits per heavy atom. The van der Waals surface area contributed by atoms with Crippen LogP contribution in [0.4, 0.5) is 0 Å². The molecule has 1 aliphatic carbocycles. The highest BCUT2D eigenvalue weighted by Crippen LogP contribution is 2.26. The van der Waals surface area contributed by atoms with Crippen LogP contribution < -0.4 is 10.1 Å². The molecule has 2 amide bonds. The predicted molar refractivity (Wildman–Crippen MR) is 169 cm³/mol. The van der Waals surface area contributed by atoms with Gasteiger partial charge in [-0.25, -0.2) is 13.4 Å². The van der Waals surface area contributed by atoms with Crippen LogP contribution >= 0.6 is 0 Å². The molecule has 2 heterocycles. The fourth-order valence-electron chi connectivity index (χ4n) is 5.43. The number of nitrogens with one attached hydrogen (secondary N) is 1. The van der Waals surface area contributed by atoms with Gasteiger partial charge in [0.15, 0.2) is 5.82 Å². The van der Waals surface area contributed by atoms with Crippen LogP contribution in [0.1, 0.15) is 83.1 Å². The minimum Gasteiger partial charge on any atom is -0.474 e. The lowest BCUT2D eigenvalue weighted by molar-refractivity contribution is -0.155. The van der Waals surface area contributed by atoms with Gasteiger partial charge in [0.25, 0.3) is 5.91 Å². The summed E-state index contributed by atoms with van der Waals surface area (Å²) in [4.78, 5) is 50.7. The molecule has 4 rings (SSSR count). The van der Waals surface area contributed by atoms with Crippen molar-refractivity contribution in [3.05, 3.63) is 42.1 Å². The van der Waals surface area contributed by atoms with Crippen LogP contribution in [0.3, 0.4) is 0 Å². The van der Waals surface area contributed by atoms with Crippen LogP contribution in [0.2, 0.25) is 0 Å². The molecule has 12 nitrogen and oxygen atoms in total. The number of hydrogen-bond acceptors (Lipinski definition) is 9. The van der Waals surface area contributed by atoms with Gasteiger partial charge in [-0.2, -0.15) is 9.29 Å². The summed E-state index contributed by atoms with van der Waals surface area (Å²) in [6.45, 7) is 7.74. The van der Waals surface area contributed by atoms with Crippen molar-refractivity contribution >= 4 is 27.8 Å². The second-order valence-corrected chi connectivity index (χ2v) is 14.6. The zero-order valence-corrected chi connectivity index (χ0v) is 27.5. The first kappa shape index (κ1) is 34.3. The van der Waals surface area contributed by atoms with Crippen molar-refractivity contribution in [3.63, 3.8) is 0 Å². The summed E-state index contributed by atoms with van der Waals surface area (Å²) in [6.07, 6.45) is 4.33. The van der Waals surface area contributed by atoms with Crippen LogP contribution in [0.5, 0.6) is 5.88 Å². The third-order valence-electron chi connectivity index (χ3n) is 7.62. The van der Waals surface area contributed by atoms with Gasteiger partial charge in [0.1, 0.15) is 23.4 Å². The van der Waals surface area contributed by atoms with Gasteiger partial charge >= 0.3 is 5.97 Å². The van der Waals surface area contributed by atoms with Gasteiger partial charge in [0.05, 0.1) is 5.75 Å². The predicted octanol–water partition coefficient (Wildman–Crippen LogP) is 3.57. The highest BCUT2D eigenvalue weighted by atomic mass is 32.2. The van der Waals surface area contributed by atoms with E-state index in [1.807, 2.05) is 30.3 Å². The van der Waals surface area contributed by atoms with Crippen LogP contribution in [0.25, 0.3) is 11.4 Å². The number of sulfonamides is 1. The molecule has 1 saturated heterocycles. The van der Waals surface area contributed by atoms with E-state index in [0.29, 0.717) is 17.8 Å². The molecular weight excluding hydrogens is 598 g/mol. The first-order valence-electron chi connectivity index (χ1n) is 15.7. The Labute approximate surface area is 265 Å². The number of ether oxygens (including phenoxy) is 2. The first-order valence-corrected chi connectivity index (χ1v) is 17.4. The number of aromatic nitrogens is 2. The number of rotatable bonds is 12. The summed E-state index contributed by atoms with van der Waals surface area (Å²) < 4.78 is 38.1. The lowest BCUT2D eigenvalue weighted by Gasteiger charge is -2.36. The SMILES string of the molecule is CCCS(=O)(=O)N1CCN(C(=O)C(CCC(=O)OC(C)(C)C)NC(=O)c2cc(OC3CCCC3)nc(-c3ccccc3)n2)CC1. The molecule has 0 spiro atoms. The number of amides is 2. The molecule has 1 atom stereocenters. The van der Waals surface area contributed by atoms with Gasteiger partial charge in [0.2, 0.25) is 21.8 Å². The van der Waals surface area contributed by atoms with Crippen molar-refractivity contribution < 1.29 is 32.3 Å². The third-order valence-corrected chi connectivity index (χ3v) is 9.70. The Balaban J connectivity index is 1.55. The average molecular weight is 644 g/mol. The van der Waals surface area contributed by atoms with Crippen molar-refractivity contribution in [3.8, 4) is 17.3 Å². The summed E-state index contributed by atoms with van der Waals surface area (Å²) in [7, 11) is -3.40. The highest BCUT2D eigenvalue weighted by Gasteiger charge is 2.33. The van der Waals surface area contributed by atoms with Crippen molar-refractivity contribution in [1.29, 1.82) is 0 Å². The Kier molecular flexibility index (Phi) is 11.5. The maximum Gasteiger partial charge on any atom is 0.306 e. The largest absolute Gasteiger partial charge is 0.474 e. The molecule has 2 aromatic rings. The lowest BCUT2D eigenvalue weighted by Crippen LogP contribution is -2.56. The molecule has 246 valence electrons. The fourth-order valence-corrected chi connectivity index (χ4v) is 6.93. The smallest absolute Gasteiger partial charge is 0.306 e. The quantitative estimate of drug-likeness (QED) is 0.343. The van der Waals surface area contributed by atoms with Crippen LogP contribution in [-0.2, 0) is 24.3 Å². The van der Waals surface area contributed by atoms with Crippen molar-refractivity contribution in [2.75, 3.05) is 31.9 Å². The summed E-state index contributed by atoms with van der Waals surface area (Å²) >= 11 is 0. The van der Waals surface area contributed by atoms with E-state index in [0.717, 1.165) is 25.7 Å². The molecular formula is C32H45N5O7S. The number of hydrogen-bond donors (Lipinski definition) is 1. The van der Waals surface area contributed by atoms with Crippen LogP contribution in [-0.4, -0.2) is 95.1 Å². The Morgan fingerprint density at radius 3 is 2.31 bits per heavy atom. The topological polar surface area (TPSA) is 148 Å². The van der Waals surface area contributed by atoms with Gasteiger partial charge in [-0.15, -0.1) is 0 Å². The fraction of sp³-hybridized carbons (Fsp3) is 0.594. The van der Waals surface area contributed by atoms with Crippen molar-refractivity contribution in [2.45, 2.75) is 90.4 Å². The number of carbonyl (C=O) groups is 3. The van der Waals surface area contributed by atoms with Crippen molar-refractivity contribution in [2.24, 2.45) is 0 Å². The van der Waals surface area contributed by atoms with Crippen LogP contribution in [0.15, 0.2) is 36.4 Å². The van der Waals surface area contributed by atoms with Gasteiger partial charge in [-0.1, -0.05) is 37.3 Å². The third kappa shape index (κ3) is 9.95. The second kappa shape index (κ2) is 15.1. The average Bonchev–Trinajstić information content (AvgIpc) is 3.51. The number of nitrogens with zero attached hydrogens (tertiary/aromatic N) is 4. The maximum absolute atomic E-state index is 13.8. The zero-order chi connectivity index (χ0) is 32.6. The van der Waals surface area contributed by atoms with Gasteiger partial charge in [0, 0.05) is 44.2 Å². The second-order valence-electron chi connectivity index (χ2n) is 12.5. The van der Waals surface area contributed by atoms with Gasteiger partial charge < -0.3 is 19.7 Å². The lowest BCUT2D eigenvalue weighted by atomic mass is 10.1. The van der Waals surface area contributed by atoms with Crippen molar-refractivity contribution in [1.82, 2.24) is 24.5 Å². The molecule has 1 saturated carbocycles. The standard InChI is InChI=1S/C32H45N5O7S/c1-5-21-45(41,42)37-19-17-36(18-20-37)31(40)25(15-16-28(38)44-32(2,3)4)34-30(39)26-22-27(43-24-13-9-10-14-24)35-29(33-26)23-11-7-6-8-12-23/h6-8,11-12,22,24-25H,5,9-10,13-21H2,1-4H3,(H,34,39). The van der Waals surface area contributed by atoms with Crippen LogP contribution in [0, 0.1) is 0 Å². The number of benzene rings is 1. The molecule has 0 radical (unpaired) electrons. The van der Waals surface area contributed by atoms with E-state index < -0.39 is 39.4 Å². The van der Waals surface area contributed by atoms with E-state index in [2.05, 4.69) is 15.3 Å². The monoisotopic (exact) mass is 643 g/mol. The maximum atomic E-state index is 13.8. The first-order chi connectivity index (χ1) is 21.3. The number of carbonyl (C=O) groups excluding carboxylic acids is 3. The number of piperazine rings is 1. The molecule has 2 aliphatic rings. The van der Waals surface area contributed by atoms with E-state index in [1.165, 1.54) is 15.3 Å². The summed E-state index contributed by atoms with van der Waals surface area (Å²) in [5, 5.41) is 2.79. The molecule has 0 bridgehead atoms. The van der Waals surface area contributed by atoms with Gasteiger partial charge in [-0.3, -0.25) is 14.4 Å². The normalized spacial score (nSPS) is 17.1. The molecule has 1 unspecified atom stereocenters. The molecule has 1 aliphatic heterocycles. The van der Waals surface area contributed by atoms with E-state index in [1.54, 1.807) is 27.7 Å². The van der Waals surface area contributed by atoms with E-state index in [9.17, 15) is 22.8 Å². The zero-order valence-electron chi connectivity index (χ0n) is 26.7. The van der Waals surface area contributed by atoms with Gasteiger partial charge in [-0.05, 0) is 59.3 Å².